The zero-order valence-corrected chi connectivity index (χ0v) is 27.4. The largest absolute Gasteiger partial charge is 0.309 e. The first-order valence-electron chi connectivity index (χ1n) is 16.7. The molecule has 2 heterocycles. The van der Waals surface area contributed by atoms with Crippen LogP contribution in [0.1, 0.15) is 0 Å². The van der Waals surface area contributed by atoms with Crippen molar-refractivity contribution in [1.82, 2.24) is 4.57 Å². The van der Waals surface area contributed by atoms with Gasteiger partial charge in [0.25, 0.3) is 0 Å². The molecule has 10 aromatic rings. The Morgan fingerprint density at radius 3 is 1.96 bits per heavy atom. The Bertz CT molecular complexity index is 2830. The molecule has 8 aromatic carbocycles. The van der Waals surface area contributed by atoms with E-state index in [1.807, 2.05) is 11.3 Å². The van der Waals surface area contributed by atoms with Gasteiger partial charge >= 0.3 is 0 Å². The van der Waals surface area contributed by atoms with Crippen molar-refractivity contribution in [3.05, 3.63) is 182 Å². The minimum absolute atomic E-state index is 1.12. The molecular formula is C46H30N2S. The van der Waals surface area contributed by atoms with E-state index in [2.05, 4.69) is 191 Å². The average molecular weight is 643 g/mol. The molecule has 10 rings (SSSR count). The summed E-state index contributed by atoms with van der Waals surface area (Å²) in [4.78, 5) is 2.47. The van der Waals surface area contributed by atoms with Gasteiger partial charge < -0.3 is 9.47 Å². The van der Waals surface area contributed by atoms with E-state index >= 15 is 0 Å². The highest BCUT2D eigenvalue weighted by Crippen LogP contribution is 2.47. The Hall–Kier alpha value is -6.16. The van der Waals surface area contributed by atoms with E-state index in [-0.39, 0.29) is 0 Å². The molecule has 2 aromatic heterocycles. The number of thiophene rings is 1. The monoisotopic (exact) mass is 642 g/mol. The van der Waals surface area contributed by atoms with Gasteiger partial charge in [-0.2, -0.15) is 0 Å². The maximum Gasteiger partial charge on any atom is 0.0542 e. The fourth-order valence-corrected chi connectivity index (χ4v) is 8.78. The van der Waals surface area contributed by atoms with Gasteiger partial charge in [0, 0.05) is 53.3 Å². The fourth-order valence-electron chi connectivity index (χ4n) is 7.65. The molecule has 3 heteroatoms. The Morgan fingerprint density at radius 1 is 0.408 bits per heavy atom. The normalized spacial score (nSPS) is 11.7. The topological polar surface area (TPSA) is 8.17 Å². The molecule has 0 fully saturated rings. The molecule has 0 saturated carbocycles. The number of benzene rings is 8. The predicted octanol–water partition coefficient (Wildman–Crippen LogP) is 13.4. The average Bonchev–Trinajstić information content (AvgIpc) is 3.72. The van der Waals surface area contributed by atoms with Gasteiger partial charge in [-0.05, 0) is 71.6 Å². The van der Waals surface area contributed by atoms with Crippen LogP contribution in [0.2, 0.25) is 0 Å². The van der Waals surface area contributed by atoms with Crippen molar-refractivity contribution >= 4 is 81.1 Å². The number of fused-ring (bicyclic) bond motifs is 8. The third-order valence-electron chi connectivity index (χ3n) is 9.78. The van der Waals surface area contributed by atoms with Crippen LogP contribution in [0.15, 0.2) is 182 Å². The summed E-state index contributed by atoms with van der Waals surface area (Å²) >= 11 is 1.87. The van der Waals surface area contributed by atoms with Gasteiger partial charge in [-0.25, -0.2) is 0 Å². The first-order chi connectivity index (χ1) is 24.3. The molecule has 0 spiro atoms. The van der Waals surface area contributed by atoms with Gasteiger partial charge in [0.15, 0.2) is 0 Å². The lowest BCUT2D eigenvalue weighted by molar-refractivity contribution is 1.18. The van der Waals surface area contributed by atoms with Crippen LogP contribution in [-0.2, 0) is 0 Å². The fraction of sp³-hybridized carbons (Fsp3) is 0. The van der Waals surface area contributed by atoms with Crippen LogP contribution in [-0.4, -0.2) is 4.57 Å². The van der Waals surface area contributed by atoms with Gasteiger partial charge in [-0.15, -0.1) is 11.3 Å². The number of hydrogen-bond donors (Lipinski definition) is 0. The third kappa shape index (κ3) is 4.40. The summed E-state index contributed by atoms with van der Waals surface area (Å²) in [5.41, 5.74) is 9.35. The number of nitrogens with zero attached hydrogens (tertiary/aromatic N) is 2. The Labute approximate surface area is 288 Å². The molecule has 0 aliphatic heterocycles. The molecule has 230 valence electrons. The highest BCUT2D eigenvalue weighted by molar-refractivity contribution is 7.26. The standard InChI is InChI=1S/C46H30N2S/c1-3-14-31(15-4-1)34-18-7-10-22-40(34)48(42-24-13-21-37-36(42)27-29-45-46(37)38-20-9-12-25-44(38)49-45)33-26-28-43-39(30-33)35-19-8-11-23-41(35)47(43)32-16-5-2-6-17-32/h1-30H. The molecular weight excluding hydrogens is 613 g/mol. The molecule has 0 aliphatic rings. The van der Waals surface area contributed by atoms with Crippen LogP contribution in [0.3, 0.4) is 0 Å². The van der Waals surface area contributed by atoms with Crippen LogP contribution in [0.4, 0.5) is 17.1 Å². The molecule has 0 aliphatic carbocycles. The van der Waals surface area contributed by atoms with E-state index < -0.39 is 0 Å². The zero-order chi connectivity index (χ0) is 32.3. The van der Waals surface area contributed by atoms with E-state index in [0.717, 1.165) is 22.7 Å². The summed E-state index contributed by atoms with van der Waals surface area (Å²) in [6.45, 7) is 0. The third-order valence-corrected chi connectivity index (χ3v) is 10.9. The van der Waals surface area contributed by atoms with Gasteiger partial charge in [0.2, 0.25) is 0 Å². The highest BCUT2D eigenvalue weighted by Gasteiger charge is 2.22. The molecule has 0 N–H and O–H groups in total. The second-order valence-electron chi connectivity index (χ2n) is 12.5. The first kappa shape index (κ1) is 27.9. The van der Waals surface area contributed by atoms with Crippen LogP contribution in [0.5, 0.6) is 0 Å². The Balaban J connectivity index is 1.29. The van der Waals surface area contributed by atoms with E-state index in [1.165, 1.54) is 63.9 Å². The van der Waals surface area contributed by atoms with Crippen LogP contribution < -0.4 is 4.90 Å². The molecule has 0 radical (unpaired) electrons. The summed E-state index contributed by atoms with van der Waals surface area (Å²) in [5, 5.41) is 7.62. The van der Waals surface area contributed by atoms with Gasteiger partial charge in [0.1, 0.15) is 0 Å². The molecule has 0 unspecified atom stereocenters. The van der Waals surface area contributed by atoms with Crippen molar-refractivity contribution in [2.45, 2.75) is 0 Å². The summed E-state index contributed by atoms with van der Waals surface area (Å²) in [7, 11) is 0. The minimum Gasteiger partial charge on any atom is -0.309 e. The summed E-state index contributed by atoms with van der Waals surface area (Å²) < 4.78 is 5.02. The lowest BCUT2D eigenvalue weighted by Gasteiger charge is -2.29. The van der Waals surface area contributed by atoms with Gasteiger partial charge in [-0.1, -0.05) is 121 Å². The number of aromatic nitrogens is 1. The SMILES string of the molecule is c1ccc(-c2ccccc2N(c2ccc3c(c2)c2ccccc2n3-c2ccccc2)c2cccc3c2ccc2sc4ccccc4c23)cc1. The lowest BCUT2D eigenvalue weighted by atomic mass is 9.99. The molecule has 0 atom stereocenters. The smallest absolute Gasteiger partial charge is 0.0542 e. The predicted molar refractivity (Wildman–Crippen MR) is 211 cm³/mol. The van der Waals surface area contributed by atoms with Crippen molar-refractivity contribution in [3.8, 4) is 16.8 Å². The van der Waals surface area contributed by atoms with Crippen molar-refractivity contribution in [1.29, 1.82) is 0 Å². The number of anilines is 3. The maximum absolute atomic E-state index is 2.47. The summed E-state index contributed by atoms with van der Waals surface area (Å²) in [6.07, 6.45) is 0. The van der Waals surface area contributed by atoms with E-state index in [1.54, 1.807) is 0 Å². The Morgan fingerprint density at radius 2 is 1.08 bits per heavy atom. The van der Waals surface area contributed by atoms with E-state index in [4.69, 9.17) is 0 Å². The van der Waals surface area contributed by atoms with Crippen LogP contribution in [0, 0.1) is 0 Å². The lowest BCUT2D eigenvalue weighted by Crippen LogP contribution is -2.11. The molecule has 0 amide bonds. The van der Waals surface area contributed by atoms with E-state index in [9.17, 15) is 0 Å². The molecule has 2 nitrogen and oxygen atoms in total. The van der Waals surface area contributed by atoms with Crippen molar-refractivity contribution < 1.29 is 0 Å². The van der Waals surface area contributed by atoms with Crippen LogP contribution in [0.25, 0.3) is 69.6 Å². The summed E-state index contributed by atoms with van der Waals surface area (Å²) in [5.74, 6) is 0. The van der Waals surface area contributed by atoms with E-state index in [0.29, 0.717) is 0 Å². The maximum atomic E-state index is 2.47. The molecule has 49 heavy (non-hydrogen) atoms. The zero-order valence-electron chi connectivity index (χ0n) is 26.6. The van der Waals surface area contributed by atoms with Crippen molar-refractivity contribution in [3.63, 3.8) is 0 Å². The molecule has 0 saturated heterocycles. The number of hydrogen-bond acceptors (Lipinski definition) is 2. The highest BCUT2D eigenvalue weighted by atomic mass is 32.1. The number of para-hydroxylation sites is 3. The molecule has 0 bridgehead atoms. The van der Waals surface area contributed by atoms with Crippen molar-refractivity contribution in [2.75, 3.05) is 4.90 Å². The summed E-state index contributed by atoms with van der Waals surface area (Å²) in [6, 6.07) is 66.2. The first-order valence-corrected chi connectivity index (χ1v) is 17.5. The van der Waals surface area contributed by atoms with Gasteiger partial charge in [0.05, 0.1) is 22.4 Å². The van der Waals surface area contributed by atoms with Crippen LogP contribution >= 0.6 is 11.3 Å². The van der Waals surface area contributed by atoms with Crippen molar-refractivity contribution in [2.24, 2.45) is 0 Å². The Kier molecular flexibility index (Phi) is 6.39. The second-order valence-corrected chi connectivity index (χ2v) is 13.6. The minimum atomic E-state index is 1.12. The second kappa shape index (κ2) is 11.2. The quantitative estimate of drug-likeness (QED) is 0.181. The van der Waals surface area contributed by atoms with Gasteiger partial charge in [-0.3, -0.25) is 0 Å². The number of rotatable bonds is 5.